The SMILES string of the molecule is CC(=O)c1ccc(Oc2ccc(C(C)C)cc2)c([N+](=O)[O-])c1. The van der Waals surface area contributed by atoms with Gasteiger partial charge in [-0.1, -0.05) is 26.0 Å². The first kappa shape index (κ1) is 15.7. The van der Waals surface area contributed by atoms with Crippen molar-refractivity contribution in [3.05, 3.63) is 63.7 Å². The number of hydrogen-bond acceptors (Lipinski definition) is 4. The summed E-state index contributed by atoms with van der Waals surface area (Å²) in [5.41, 5.74) is 1.23. The van der Waals surface area contributed by atoms with E-state index < -0.39 is 4.92 Å². The van der Waals surface area contributed by atoms with Crippen LogP contribution in [0.2, 0.25) is 0 Å². The lowest BCUT2D eigenvalue weighted by molar-refractivity contribution is -0.385. The second-order valence-electron chi connectivity index (χ2n) is 5.32. The second-order valence-corrected chi connectivity index (χ2v) is 5.32. The number of nitro benzene ring substituents is 1. The Morgan fingerprint density at radius 2 is 1.77 bits per heavy atom. The summed E-state index contributed by atoms with van der Waals surface area (Å²) in [5.74, 6) is 0.810. The third kappa shape index (κ3) is 3.49. The third-order valence-electron chi connectivity index (χ3n) is 3.34. The standard InChI is InChI=1S/C17H17NO4/c1-11(2)13-4-7-15(8-5-13)22-17-9-6-14(12(3)19)10-16(17)18(20)21/h4-11H,1-3H3. The van der Waals surface area contributed by atoms with Crippen LogP contribution in [0, 0.1) is 10.1 Å². The average molecular weight is 299 g/mol. The third-order valence-corrected chi connectivity index (χ3v) is 3.34. The van der Waals surface area contributed by atoms with E-state index in [9.17, 15) is 14.9 Å². The van der Waals surface area contributed by atoms with E-state index in [0.29, 0.717) is 11.7 Å². The van der Waals surface area contributed by atoms with E-state index in [-0.39, 0.29) is 22.8 Å². The van der Waals surface area contributed by atoms with E-state index in [2.05, 4.69) is 13.8 Å². The molecule has 0 aromatic heterocycles. The Morgan fingerprint density at radius 3 is 2.27 bits per heavy atom. The molecule has 0 amide bonds. The number of ether oxygens (including phenoxy) is 1. The van der Waals surface area contributed by atoms with Crippen LogP contribution >= 0.6 is 0 Å². The van der Waals surface area contributed by atoms with E-state index in [1.165, 1.54) is 25.1 Å². The molecule has 0 unspecified atom stereocenters. The highest BCUT2D eigenvalue weighted by atomic mass is 16.6. The van der Waals surface area contributed by atoms with Gasteiger partial charge in [-0.15, -0.1) is 0 Å². The lowest BCUT2D eigenvalue weighted by Gasteiger charge is -2.09. The van der Waals surface area contributed by atoms with Crippen molar-refractivity contribution >= 4 is 11.5 Å². The van der Waals surface area contributed by atoms with Gasteiger partial charge >= 0.3 is 5.69 Å². The fourth-order valence-corrected chi connectivity index (χ4v) is 2.01. The van der Waals surface area contributed by atoms with E-state index in [1.54, 1.807) is 12.1 Å². The number of benzene rings is 2. The van der Waals surface area contributed by atoms with Crippen LogP contribution < -0.4 is 4.74 Å². The number of rotatable bonds is 5. The van der Waals surface area contributed by atoms with Gasteiger partial charge in [-0.05, 0) is 42.7 Å². The fourth-order valence-electron chi connectivity index (χ4n) is 2.01. The van der Waals surface area contributed by atoms with Crippen molar-refractivity contribution in [1.82, 2.24) is 0 Å². The molecule has 0 saturated carbocycles. The molecule has 0 aliphatic rings. The van der Waals surface area contributed by atoms with Gasteiger partial charge in [0.25, 0.3) is 0 Å². The van der Waals surface area contributed by atoms with Crippen LogP contribution in [0.5, 0.6) is 11.5 Å². The average Bonchev–Trinajstić information content (AvgIpc) is 2.47. The molecule has 0 fully saturated rings. The Kier molecular flexibility index (Phi) is 4.56. The quantitative estimate of drug-likeness (QED) is 0.455. The molecule has 0 atom stereocenters. The van der Waals surface area contributed by atoms with Crippen molar-refractivity contribution in [2.75, 3.05) is 0 Å². The molecule has 0 aliphatic carbocycles. The van der Waals surface area contributed by atoms with Crippen LogP contribution in [0.25, 0.3) is 0 Å². The molecule has 0 heterocycles. The minimum atomic E-state index is -0.551. The maximum atomic E-state index is 11.3. The Morgan fingerprint density at radius 1 is 1.14 bits per heavy atom. The number of carbonyl (C=O) groups is 1. The summed E-state index contributed by atoms with van der Waals surface area (Å²) in [6.07, 6.45) is 0. The van der Waals surface area contributed by atoms with Crippen LogP contribution in [0.15, 0.2) is 42.5 Å². The maximum absolute atomic E-state index is 11.3. The molecule has 2 aromatic carbocycles. The molecular formula is C17H17NO4. The largest absolute Gasteiger partial charge is 0.450 e. The van der Waals surface area contributed by atoms with Crippen LogP contribution in [-0.4, -0.2) is 10.7 Å². The minimum absolute atomic E-state index is 0.118. The van der Waals surface area contributed by atoms with Gasteiger partial charge in [0.15, 0.2) is 5.78 Å². The predicted octanol–water partition coefficient (Wildman–Crippen LogP) is 4.71. The predicted molar refractivity (Wildman–Crippen MR) is 83.7 cm³/mol. The van der Waals surface area contributed by atoms with Crippen molar-refractivity contribution in [1.29, 1.82) is 0 Å². The van der Waals surface area contributed by atoms with Crippen molar-refractivity contribution < 1.29 is 14.5 Å². The van der Waals surface area contributed by atoms with Gasteiger partial charge in [-0.3, -0.25) is 14.9 Å². The van der Waals surface area contributed by atoms with E-state index in [1.807, 2.05) is 12.1 Å². The van der Waals surface area contributed by atoms with E-state index >= 15 is 0 Å². The summed E-state index contributed by atoms with van der Waals surface area (Å²) in [5, 5.41) is 11.1. The van der Waals surface area contributed by atoms with Crippen molar-refractivity contribution in [2.24, 2.45) is 0 Å². The second kappa shape index (κ2) is 6.39. The van der Waals surface area contributed by atoms with Crippen molar-refractivity contribution in [3.63, 3.8) is 0 Å². The number of ketones is 1. The first-order valence-electron chi connectivity index (χ1n) is 6.95. The topological polar surface area (TPSA) is 69.4 Å². The number of hydrogen-bond donors (Lipinski definition) is 0. The molecule has 0 saturated heterocycles. The van der Waals surface area contributed by atoms with Gasteiger partial charge in [0.05, 0.1) is 4.92 Å². The van der Waals surface area contributed by atoms with Crippen LogP contribution in [0.3, 0.4) is 0 Å². The summed E-state index contributed by atoms with van der Waals surface area (Å²) >= 11 is 0. The highest BCUT2D eigenvalue weighted by molar-refractivity contribution is 5.95. The lowest BCUT2D eigenvalue weighted by atomic mass is 10.0. The van der Waals surface area contributed by atoms with Gasteiger partial charge in [0.2, 0.25) is 5.75 Å². The molecular weight excluding hydrogens is 282 g/mol. The molecule has 0 radical (unpaired) electrons. The molecule has 2 rings (SSSR count). The Labute approximate surface area is 128 Å². The number of carbonyl (C=O) groups excluding carboxylic acids is 1. The van der Waals surface area contributed by atoms with Crippen molar-refractivity contribution in [3.8, 4) is 11.5 Å². The number of nitrogens with zero attached hydrogens (tertiary/aromatic N) is 1. The molecule has 0 bridgehead atoms. The summed E-state index contributed by atoms with van der Waals surface area (Å²) in [6.45, 7) is 5.53. The molecule has 0 spiro atoms. The molecule has 22 heavy (non-hydrogen) atoms. The van der Waals surface area contributed by atoms with Gasteiger partial charge in [0.1, 0.15) is 5.75 Å². The molecule has 114 valence electrons. The minimum Gasteiger partial charge on any atom is -0.450 e. The first-order chi connectivity index (χ1) is 10.4. The smallest absolute Gasteiger partial charge is 0.312 e. The lowest BCUT2D eigenvalue weighted by Crippen LogP contribution is -1.98. The number of Topliss-reactive ketones (excluding diaryl/α,β-unsaturated/α-hetero) is 1. The van der Waals surface area contributed by atoms with Crippen LogP contribution in [-0.2, 0) is 0 Å². The monoisotopic (exact) mass is 299 g/mol. The molecule has 0 aliphatic heterocycles. The van der Waals surface area contributed by atoms with E-state index in [4.69, 9.17) is 4.74 Å². The highest BCUT2D eigenvalue weighted by Gasteiger charge is 2.18. The van der Waals surface area contributed by atoms with Gasteiger partial charge in [0, 0.05) is 11.6 Å². The zero-order valence-corrected chi connectivity index (χ0v) is 12.7. The van der Waals surface area contributed by atoms with Crippen LogP contribution in [0.1, 0.15) is 42.6 Å². The number of nitro groups is 1. The van der Waals surface area contributed by atoms with Crippen LogP contribution in [0.4, 0.5) is 5.69 Å². The molecule has 5 nitrogen and oxygen atoms in total. The summed E-state index contributed by atoms with van der Waals surface area (Å²) < 4.78 is 5.59. The Hall–Kier alpha value is -2.69. The maximum Gasteiger partial charge on any atom is 0.312 e. The van der Waals surface area contributed by atoms with Gasteiger partial charge in [-0.25, -0.2) is 0 Å². The zero-order chi connectivity index (χ0) is 16.3. The first-order valence-corrected chi connectivity index (χ1v) is 6.95. The highest BCUT2D eigenvalue weighted by Crippen LogP contribution is 2.32. The summed E-state index contributed by atoms with van der Waals surface area (Å²) in [7, 11) is 0. The summed E-state index contributed by atoms with van der Waals surface area (Å²) in [6, 6.07) is 11.6. The van der Waals surface area contributed by atoms with Crippen molar-refractivity contribution in [2.45, 2.75) is 26.7 Å². The fraction of sp³-hybridized carbons (Fsp3) is 0.235. The molecule has 5 heteroatoms. The van der Waals surface area contributed by atoms with Gasteiger partial charge < -0.3 is 4.74 Å². The molecule has 0 N–H and O–H groups in total. The normalized spacial score (nSPS) is 10.5. The Bertz CT molecular complexity index is 705. The summed E-state index contributed by atoms with van der Waals surface area (Å²) in [4.78, 5) is 21.9. The molecule has 2 aromatic rings. The Balaban J connectivity index is 2.32. The van der Waals surface area contributed by atoms with E-state index in [0.717, 1.165) is 5.56 Å². The zero-order valence-electron chi connectivity index (χ0n) is 12.7. The van der Waals surface area contributed by atoms with Gasteiger partial charge in [-0.2, -0.15) is 0 Å².